The lowest BCUT2D eigenvalue weighted by Crippen LogP contribution is -2.60. The summed E-state index contributed by atoms with van der Waals surface area (Å²) >= 11 is 4.31. The number of aliphatic carboxylic acids is 1. The summed E-state index contributed by atoms with van der Waals surface area (Å²) in [7, 11) is 0. The number of hydrogen-bond acceptors (Lipinski definition) is 5. The Labute approximate surface area is 171 Å². The molecule has 0 aliphatic heterocycles. The first-order valence-electron chi connectivity index (χ1n) is 9.00. The summed E-state index contributed by atoms with van der Waals surface area (Å²) in [5, 5.41) is 13.8. The number of benzene rings is 1. The second kappa shape index (κ2) is 9.93. The van der Waals surface area contributed by atoms with E-state index in [-0.39, 0.29) is 13.2 Å². The van der Waals surface area contributed by atoms with Crippen LogP contribution in [0.15, 0.2) is 30.3 Å². The van der Waals surface area contributed by atoms with Crippen LogP contribution in [0.1, 0.15) is 40.2 Å². The number of hydrogen-bond donors (Lipinski definition) is 4. The molecular weight excluding hydrogens is 380 g/mol. The fourth-order valence-electron chi connectivity index (χ4n) is 2.21. The van der Waals surface area contributed by atoms with E-state index in [1.165, 1.54) is 13.8 Å². The topological polar surface area (TPSA) is 105 Å². The van der Waals surface area contributed by atoms with E-state index in [2.05, 4.69) is 23.3 Å². The highest BCUT2D eigenvalue weighted by atomic mass is 32.1. The van der Waals surface area contributed by atoms with Crippen molar-refractivity contribution < 1.29 is 24.2 Å². The van der Waals surface area contributed by atoms with Crippen molar-refractivity contribution in [2.75, 3.05) is 6.61 Å². The van der Waals surface area contributed by atoms with E-state index in [1.54, 1.807) is 0 Å². The van der Waals surface area contributed by atoms with Gasteiger partial charge in [0, 0.05) is 0 Å². The van der Waals surface area contributed by atoms with Crippen molar-refractivity contribution in [1.82, 2.24) is 10.6 Å². The van der Waals surface area contributed by atoms with E-state index in [1.807, 2.05) is 51.1 Å². The van der Waals surface area contributed by atoms with Crippen molar-refractivity contribution in [3.63, 3.8) is 0 Å². The van der Waals surface area contributed by atoms with Gasteiger partial charge in [-0.05, 0) is 24.8 Å². The third kappa shape index (κ3) is 7.52. The Balaban J connectivity index is 2.66. The van der Waals surface area contributed by atoms with Crippen LogP contribution in [0.2, 0.25) is 0 Å². The molecule has 1 aromatic rings. The Morgan fingerprint density at radius 3 is 2.18 bits per heavy atom. The quantitative estimate of drug-likeness (QED) is 0.466. The van der Waals surface area contributed by atoms with Gasteiger partial charge in [-0.3, -0.25) is 9.59 Å². The number of carbonyl (C=O) groups is 3. The lowest BCUT2D eigenvalue weighted by Gasteiger charge is -2.31. The largest absolute Gasteiger partial charge is 0.480 e. The number of ether oxygens (including phenoxy) is 1. The van der Waals surface area contributed by atoms with Crippen molar-refractivity contribution >= 4 is 30.4 Å². The molecule has 0 unspecified atom stereocenters. The summed E-state index contributed by atoms with van der Waals surface area (Å²) in [6.45, 7) is 8.64. The van der Waals surface area contributed by atoms with Crippen LogP contribution in [0.4, 0.5) is 0 Å². The lowest BCUT2D eigenvalue weighted by atomic mass is 9.90. The average molecular weight is 411 g/mol. The van der Waals surface area contributed by atoms with Crippen molar-refractivity contribution in [2.24, 2.45) is 5.41 Å². The zero-order valence-electron chi connectivity index (χ0n) is 17.0. The van der Waals surface area contributed by atoms with Gasteiger partial charge in [0.2, 0.25) is 11.8 Å². The van der Waals surface area contributed by atoms with E-state index in [9.17, 15) is 19.5 Å². The summed E-state index contributed by atoms with van der Waals surface area (Å²) in [5.74, 6) is -2.24. The van der Waals surface area contributed by atoms with Gasteiger partial charge in [-0.15, -0.1) is 0 Å². The first-order chi connectivity index (χ1) is 12.8. The molecule has 156 valence electrons. The van der Waals surface area contributed by atoms with Gasteiger partial charge in [-0.25, -0.2) is 4.79 Å². The molecule has 0 heterocycles. The van der Waals surface area contributed by atoms with Crippen LogP contribution < -0.4 is 10.6 Å². The summed E-state index contributed by atoms with van der Waals surface area (Å²) in [6.07, 6.45) is 0. The Hall–Kier alpha value is -2.06. The predicted octanol–water partition coefficient (Wildman–Crippen LogP) is 2.01. The average Bonchev–Trinajstić information content (AvgIpc) is 2.59. The normalized spacial score (nSPS) is 14.1. The fourth-order valence-corrected chi connectivity index (χ4v) is 2.27. The van der Waals surface area contributed by atoms with E-state index in [4.69, 9.17) is 4.74 Å². The number of carbonyl (C=O) groups excluding carboxylic acids is 2. The summed E-state index contributed by atoms with van der Waals surface area (Å²) in [4.78, 5) is 36.4. The number of amides is 2. The Bertz CT molecular complexity index is 686. The molecule has 0 fully saturated rings. The van der Waals surface area contributed by atoms with Gasteiger partial charge in [-0.2, -0.15) is 12.6 Å². The molecule has 0 radical (unpaired) electrons. The smallest absolute Gasteiger partial charge is 0.328 e. The maximum atomic E-state index is 12.6. The van der Waals surface area contributed by atoms with Crippen LogP contribution in [0.5, 0.6) is 0 Å². The number of rotatable bonds is 9. The molecule has 0 aliphatic rings. The highest BCUT2D eigenvalue weighted by Crippen LogP contribution is 2.24. The molecule has 2 atom stereocenters. The molecule has 0 saturated heterocycles. The molecule has 1 aromatic carbocycles. The van der Waals surface area contributed by atoms with Gasteiger partial charge in [0.1, 0.15) is 5.54 Å². The molecule has 7 nitrogen and oxygen atoms in total. The molecule has 0 aliphatic carbocycles. The maximum absolute atomic E-state index is 12.6. The second-order valence-corrected chi connectivity index (χ2v) is 8.76. The minimum Gasteiger partial charge on any atom is -0.480 e. The minimum atomic E-state index is -1.31. The Kier molecular flexibility index (Phi) is 8.50. The highest BCUT2D eigenvalue weighted by molar-refractivity contribution is 7.81. The lowest BCUT2D eigenvalue weighted by molar-refractivity contribution is -0.145. The van der Waals surface area contributed by atoms with Crippen LogP contribution >= 0.6 is 12.6 Å². The van der Waals surface area contributed by atoms with Crippen LogP contribution in [0, 0.1) is 5.41 Å². The summed E-state index contributed by atoms with van der Waals surface area (Å²) in [6, 6.07) is 8.06. The van der Waals surface area contributed by atoms with Gasteiger partial charge in [0.25, 0.3) is 0 Å². The standard InChI is InChI=1S/C20H30N2O5S/c1-19(2,3)15(28)16(23)22-20(4,5)18(26)21-14(17(24)25)12-27-11-13-9-7-6-8-10-13/h6-10,14-15,28H,11-12H2,1-5H3,(H,21,26)(H,22,23)(H,24,25)/t14-,15+/m0/s1. The summed E-state index contributed by atoms with van der Waals surface area (Å²) < 4.78 is 5.43. The molecule has 1 rings (SSSR count). The molecule has 0 aromatic heterocycles. The first-order valence-corrected chi connectivity index (χ1v) is 9.52. The van der Waals surface area contributed by atoms with Crippen molar-refractivity contribution in [2.45, 2.75) is 58.1 Å². The van der Waals surface area contributed by atoms with E-state index < -0.39 is 40.0 Å². The SMILES string of the molecule is CC(C)(NC(=O)[C@@H](S)C(C)(C)C)C(=O)N[C@@H](COCc1ccccc1)C(=O)O. The van der Waals surface area contributed by atoms with Crippen LogP contribution in [-0.4, -0.2) is 46.3 Å². The van der Waals surface area contributed by atoms with Crippen LogP contribution in [0.25, 0.3) is 0 Å². The summed E-state index contributed by atoms with van der Waals surface area (Å²) in [5.41, 5.74) is -0.807. The number of nitrogens with one attached hydrogen (secondary N) is 2. The van der Waals surface area contributed by atoms with E-state index >= 15 is 0 Å². The fraction of sp³-hybridized carbons (Fsp3) is 0.550. The van der Waals surface area contributed by atoms with Crippen molar-refractivity contribution in [3.05, 3.63) is 35.9 Å². The Morgan fingerprint density at radius 1 is 1.11 bits per heavy atom. The van der Waals surface area contributed by atoms with Crippen molar-refractivity contribution in [1.29, 1.82) is 0 Å². The first kappa shape index (κ1) is 24.0. The third-order valence-electron chi connectivity index (χ3n) is 4.07. The number of thiol groups is 1. The molecule has 28 heavy (non-hydrogen) atoms. The predicted molar refractivity (Wildman–Crippen MR) is 110 cm³/mol. The van der Waals surface area contributed by atoms with Gasteiger partial charge in [0.15, 0.2) is 6.04 Å². The van der Waals surface area contributed by atoms with Crippen LogP contribution in [-0.2, 0) is 25.7 Å². The second-order valence-electron chi connectivity index (χ2n) is 8.25. The number of carboxylic acid groups (broad SMARTS) is 1. The number of carboxylic acids is 1. The molecule has 2 amide bonds. The zero-order valence-corrected chi connectivity index (χ0v) is 17.9. The van der Waals surface area contributed by atoms with E-state index in [0.29, 0.717) is 0 Å². The molecule has 3 N–H and O–H groups in total. The third-order valence-corrected chi connectivity index (χ3v) is 5.08. The Morgan fingerprint density at radius 2 is 1.68 bits per heavy atom. The zero-order chi connectivity index (χ0) is 21.5. The monoisotopic (exact) mass is 410 g/mol. The van der Waals surface area contributed by atoms with Gasteiger partial charge in [0.05, 0.1) is 18.5 Å². The van der Waals surface area contributed by atoms with Gasteiger partial charge >= 0.3 is 5.97 Å². The van der Waals surface area contributed by atoms with Crippen molar-refractivity contribution in [3.8, 4) is 0 Å². The maximum Gasteiger partial charge on any atom is 0.328 e. The molecule has 0 saturated carbocycles. The van der Waals surface area contributed by atoms with Gasteiger partial charge < -0.3 is 20.5 Å². The molecule has 0 spiro atoms. The molecular formula is C20H30N2O5S. The highest BCUT2D eigenvalue weighted by Gasteiger charge is 2.36. The van der Waals surface area contributed by atoms with Gasteiger partial charge in [-0.1, -0.05) is 51.1 Å². The van der Waals surface area contributed by atoms with Crippen LogP contribution in [0.3, 0.4) is 0 Å². The molecule has 0 bridgehead atoms. The minimum absolute atomic E-state index is 0.197. The van der Waals surface area contributed by atoms with E-state index in [0.717, 1.165) is 5.56 Å². The molecule has 8 heteroatoms.